The molecule has 2 atom stereocenters. The summed E-state index contributed by atoms with van der Waals surface area (Å²) in [6.07, 6.45) is 1.29. The van der Waals surface area contributed by atoms with Crippen molar-refractivity contribution >= 4 is 0 Å². The monoisotopic (exact) mass is 181 g/mol. The van der Waals surface area contributed by atoms with E-state index in [2.05, 4.69) is 4.98 Å². The molecule has 13 heavy (non-hydrogen) atoms. The first kappa shape index (κ1) is 9.99. The van der Waals surface area contributed by atoms with Gasteiger partial charge in [-0.15, -0.1) is 0 Å². The summed E-state index contributed by atoms with van der Waals surface area (Å²) >= 11 is 0. The van der Waals surface area contributed by atoms with Crippen LogP contribution in [0, 0.1) is 0 Å². The molecule has 1 aromatic heterocycles. The summed E-state index contributed by atoms with van der Waals surface area (Å²) in [6.45, 7) is 3.67. The minimum absolute atomic E-state index is 0.00356. The lowest BCUT2D eigenvalue weighted by atomic mass is 10.0. The second-order valence-corrected chi connectivity index (χ2v) is 3.12. The van der Waals surface area contributed by atoms with Gasteiger partial charge in [0.1, 0.15) is 5.75 Å². The summed E-state index contributed by atoms with van der Waals surface area (Å²) in [5, 5.41) is 9.40. The fourth-order valence-corrected chi connectivity index (χ4v) is 1.15. The van der Waals surface area contributed by atoms with Crippen molar-refractivity contribution in [2.24, 2.45) is 0 Å². The second-order valence-electron chi connectivity index (χ2n) is 3.12. The lowest BCUT2D eigenvalue weighted by Crippen LogP contribution is -2.13. The molecule has 0 aliphatic heterocycles. The van der Waals surface area contributed by atoms with Gasteiger partial charge < -0.3 is 9.84 Å². The maximum absolute atomic E-state index is 9.40. The minimum atomic E-state index is -0.413. The van der Waals surface area contributed by atoms with Gasteiger partial charge in [0.15, 0.2) is 0 Å². The van der Waals surface area contributed by atoms with Crippen molar-refractivity contribution in [1.29, 1.82) is 0 Å². The Kier molecular flexibility index (Phi) is 3.25. The number of aliphatic hydroxyl groups excluding tert-OH is 1. The van der Waals surface area contributed by atoms with Crippen LogP contribution in [0.5, 0.6) is 5.75 Å². The van der Waals surface area contributed by atoms with Gasteiger partial charge in [-0.25, -0.2) is 0 Å². The Morgan fingerprint density at radius 3 is 2.69 bits per heavy atom. The maximum atomic E-state index is 9.40. The van der Waals surface area contributed by atoms with E-state index in [4.69, 9.17) is 4.74 Å². The first-order valence-corrected chi connectivity index (χ1v) is 4.33. The summed E-state index contributed by atoms with van der Waals surface area (Å²) in [7, 11) is 1.61. The first-order chi connectivity index (χ1) is 6.16. The zero-order valence-electron chi connectivity index (χ0n) is 8.19. The third kappa shape index (κ3) is 2.18. The summed E-state index contributed by atoms with van der Waals surface area (Å²) in [5.74, 6) is 0.729. The molecular formula is C10H15NO2. The van der Waals surface area contributed by atoms with Crippen LogP contribution in [0.15, 0.2) is 18.3 Å². The summed E-state index contributed by atoms with van der Waals surface area (Å²) in [4.78, 5) is 4.19. The zero-order chi connectivity index (χ0) is 9.84. The molecule has 0 aromatic carbocycles. The van der Waals surface area contributed by atoms with Crippen LogP contribution in [0.3, 0.4) is 0 Å². The van der Waals surface area contributed by atoms with Crippen molar-refractivity contribution in [3.05, 3.63) is 24.0 Å². The highest BCUT2D eigenvalue weighted by atomic mass is 16.5. The maximum Gasteiger partial charge on any atom is 0.140 e. The number of rotatable bonds is 3. The molecule has 0 fully saturated rings. The van der Waals surface area contributed by atoms with Crippen LogP contribution in [0.1, 0.15) is 25.5 Å². The Hall–Kier alpha value is -1.09. The lowest BCUT2D eigenvalue weighted by molar-refractivity contribution is 0.165. The third-order valence-corrected chi connectivity index (χ3v) is 2.17. The van der Waals surface area contributed by atoms with E-state index >= 15 is 0 Å². The van der Waals surface area contributed by atoms with E-state index in [1.165, 1.54) is 0 Å². The first-order valence-electron chi connectivity index (χ1n) is 4.33. The molecule has 0 saturated carbocycles. The molecule has 1 aromatic rings. The van der Waals surface area contributed by atoms with E-state index in [1.54, 1.807) is 20.2 Å². The normalized spacial score (nSPS) is 15.1. The molecule has 0 aliphatic rings. The molecule has 0 spiro atoms. The van der Waals surface area contributed by atoms with E-state index in [0.29, 0.717) is 0 Å². The molecule has 0 aliphatic carbocycles. The zero-order valence-corrected chi connectivity index (χ0v) is 8.19. The van der Waals surface area contributed by atoms with Gasteiger partial charge in [-0.2, -0.15) is 0 Å². The van der Waals surface area contributed by atoms with Gasteiger partial charge in [-0.05, 0) is 19.1 Å². The Morgan fingerprint density at radius 2 is 2.15 bits per heavy atom. The van der Waals surface area contributed by atoms with E-state index in [1.807, 2.05) is 19.1 Å². The van der Waals surface area contributed by atoms with E-state index in [0.717, 1.165) is 11.4 Å². The van der Waals surface area contributed by atoms with Crippen molar-refractivity contribution in [3.8, 4) is 5.75 Å². The number of aliphatic hydroxyl groups is 1. The molecule has 1 rings (SSSR count). The van der Waals surface area contributed by atoms with Crippen LogP contribution in [0.25, 0.3) is 0 Å². The number of hydrogen-bond acceptors (Lipinski definition) is 3. The topological polar surface area (TPSA) is 42.4 Å². The van der Waals surface area contributed by atoms with Crippen molar-refractivity contribution < 1.29 is 9.84 Å². The highest BCUT2D eigenvalue weighted by molar-refractivity contribution is 5.29. The Morgan fingerprint density at radius 1 is 1.46 bits per heavy atom. The van der Waals surface area contributed by atoms with Crippen LogP contribution in [0.4, 0.5) is 0 Å². The molecule has 1 heterocycles. The SMILES string of the molecule is COc1cccnc1C(C)C(C)O. The van der Waals surface area contributed by atoms with Gasteiger partial charge in [0.2, 0.25) is 0 Å². The number of pyridine rings is 1. The number of aromatic nitrogens is 1. The summed E-state index contributed by atoms with van der Waals surface area (Å²) < 4.78 is 5.14. The van der Waals surface area contributed by atoms with Crippen LogP contribution >= 0.6 is 0 Å². The summed E-state index contributed by atoms with van der Waals surface area (Å²) in [5.41, 5.74) is 0.806. The van der Waals surface area contributed by atoms with E-state index in [9.17, 15) is 5.11 Å². The van der Waals surface area contributed by atoms with Gasteiger partial charge >= 0.3 is 0 Å². The van der Waals surface area contributed by atoms with Crippen molar-refractivity contribution in [1.82, 2.24) is 4.98 Å². The van der Waals surface area contributed by atoms with Gasteiger partial charge in [0, 0.05) is 12.1 Å². The number of hydrogen-bond donors (Lipinski definition) is 1. The van der Waals surface area contributed by atoms with Gasteiger partial charge in [-0.3, -0.25) is 4.98 Å². The molecule has 3 nitrogen and oxygen atoms in total. The van der Waals surface area contributed by atoms with Gasteiger partial charge in [0.25, 0.3) is 0 Å². The lowest BCUT2D eigenvalue weighted by Gasteiger charge is -2.16. The van der Waals surface area contributed by atoms with Gasteiger partial charge in [-0.1, -0.05) is 6.92 Å². The van der Waals surface area contributed by atoms with Crippen LogP contribution in [-0.4, -0.2) is 23.3 Å². The van der Waals surface area contributed by atoms with E-state index in [-0.39, 0.29) is 5.92 Å². The largest absolute Gasteiger partial charge is 0.495 e. The molecule has 0 radical (unpaired) electrons. The smallest absolute Gasteiger partial charge is 0.140 e. The molecule has 0 bridgehead atoms. The number of ether oxygens (including phenoxy) is 1. The average Bonchev–Trinajstić information content (AvgIpc) is 2.16. The quantitative estimate of drug-likeness (QED) is 0.769. The van der Waals surface area contributed by atoms with E-state index < -0.39 is 6.10 Å². The Bertz CT molecular complexity index is 273. The van der Waals surface area contributed by atoms with Crippen molar-refractivity contribution in [2.45, 2.75) is 25.9 Å². The molecule has 0 saturated heterocycles. The number of methoxy groups -OCH3 is 1. The van der Waals surface area contributed by atoms with Crippen molar-refractivity contribution in [3.63, 3.8) is 0 Å². The Balaban J connectivity index is 2.98. The Labute approximate surface area is 78.4 Å². The van der Waals surface area contributed by atoms with Crippen LogP contribution in [-0.2, 0) is 0 Å². The molecule has 2 unspecified atom stereocenters. The van der Waals surface area contributed by atoms with Crippen LogP contribution < -0.4 is 4.74 Å². The second kappa shape index (κ2) is 4.23. The van der Waals surface area contributed by atoms with Gasteiger partial charge in [0.05, 0.1) is 18.9 Å². The van der Waals surface area contributed by atoms with Crippen molar-refractivity contribution in [2.75, 3.05) is 7.11 Å². The summed E-state index contributed by atoms with van der Waals surface area (Å²) in [6, 6.07) is 3.66. The predicted octanol–water partition coefficient (Wildman–Crippen LogP) is 1.57. The molecule has 0 amide bonds. The highest BCUT2D eigenvalue weighted by Gasteiger charge is 2.16. The fourth-order valence-electron chi connectivity index (χ4n) is 1.15. The number of nitrogens with zero attached hydrogens (tertiary/aromatic N) is 1. The third-order valence-electron chi connectivity index (χ3n) is 2.17. The molecule has 1 N–H and O–H groups in total. The molecular weight excluding hydrogens is 166 g/mol. The fraction of sp³-hybridized carbons (Fsp3) is 0.500. The predicted molar refractivity (Wildman–Crippen MR) is 50.9 cm³/mol. The highest BCUT2D eigenvalue weighted by Crippen LogP contribution is 2.25. The average molecular weight is 181 g/mol. The molecule has 3 heteroatoms. The minimum Gasteiger partial charge on any atom is -0.495 e. The standard InChI is InChI=1S/C10H15NO2/c1-7(8(2)12)10-9(13-3)5-4-6-11-10/h4-8,12H,1-3H3. The van der Waals surface area contributed by atoms with Crippen LogP contribution in [0.2, 0.25) is 0 Å². The molecule has 72 valence electrons.